The molecule has 2 rings (SSSR count). The van der Waals surface area contributed by atoms with Crippen LogP contribution in [0.3, 0.4) is 0 Å². The molecule has 0 unspecified atom stereocenters. The Morgan fingerprint density at radius 2 is 2.14 bits per heavy atom. The minimum absolute atomic E-state index is 0.0353. The zero-order valence-electron chi connectivity index (χ0n) is 6.60. The van der Waals surface area contributed by atoms with Crippen molar-refractivity contribution in [3.63, 3.8) is 0 Å². The van der Waals surface area contributed by atoms with E-state index in [1.807, 2.05) is 0 Å². The number of hydrogen-bond donors (Lipinski definition) is 1. The Labute approximate surface area is 85.7 Å². The summed E-state index contributed by atoms with van der Waals surface area (Å²) in [4.78, 5) is 10.4. The van der Waals surface area contributed by atoms with Gasteiger partial charge in [0.2, 0.25) is 0 Å². The molecule has 7 heteroatoms. The molecule has 0 amide bonds. The number of carboxylic acid groups (broad SMARTS) is 1. The number of hydrogen-bond acceptors (Lipinski definition) is 5. The second-order valence-electron chi connectivity index (χ2n) is 2.32. The molecule has 0 bridgehead atoms. The zero-order chi connectivity index (χ0) is 10.1. The normalized spacial score (nSPS) is 10.4. The fourth-order valence-corrected chi connectivity index (χ4v) is 1.15. The van der Waals surface area contributed by atoms with Gasteiger partial charge in [0, 0.05) is 0 Å². The summed E-state index contributed by atoms with van der Waals surface area (Å²) in [5, 5.41) is 15.3. The van der Waals surface area contributed by atoms with Crippen LogP contribution in [0.4, 0.5) is 0 Å². The minimum Gasteiger partial charge on any atom is -0.474 e. The van der Waals surface area contributed by atoms with Gasteiger partial charge < -0.3 is 13.9 Å². The molecule has 0 aliphatic heterocycles. The van der Waals surface area contributed by atoms with Gasteiger partial charge >= 0.3 is 11.9 Å². The summed E-state index contributed by atoms with van der Waals surface area (Å²) in [5.41, 5.74) is 0. The van der Waals surface area contributed by atoms with Crippen LogP contribution in [0.1, 0.15) is 10.7 Å². The molecule has 0 atom stereocenters. The molecule has 2 aromatic rings. The molecular weight excluding hydrogens is 256 g/mol. The number of halogens is 1. The van der Waals surface area contributed by atoms with E-state index in [1.54, 1.807) is 12.1 Å². The first kappa shape index (κ1) is 8.95. The van der Waals surface area contributed by atoms with Gasteiger partial charge in [-0.25, -0.2) is 4.79 Å². The van der Waals surface area contributed by atoms with Gasteiger partial charge in [0.25, 0.3) is 5.89 Å². The molecule has 14 heavy (non-hydrogen) atoms. The highest BCUT2D eigenvalue weighted by atomic mass is 79.9. The van der Waals surface area contributed by atoms with Gasteiger partial charge in [-0.05, 0) is 28.1 Å². The molecule has 0 spiro atoms. The van der Waals surface area contributed by atoms with Crippen LogP contribution < -0.4 is 0 Å². The van der Waals surface area contributed by atoms with Gasteiger partial charge in [0.1, 0.15) is 0 Å². The number of carboxylic acids is 1. The Balaban J connectivity index is 2.38. The lowest BCUT2D eigenvalue weighted by Crippen LogP contribution is -1.95. The number of aromatic nitrogens is 2. The van der Waals surface area contributed by atoms with Crippen molar-refractivity contribution in [1.82, 2.24) is 10.2 Å². The maximum atomic E-state index is 10.4. The summed E-state index contributed by atoms with van der Waals surface area (Å²) in [6, 6.07) is 3.23. The van der Waals surface area contributed by atoms with E-state index in [1.165, 1.54) is 0 Å². The SMILES string of the molecule is O=C(O)c1nnc(-c2ccc(Br)o2)o1. The van der Waals surface area contributed by atoms with E-state index in [0.29, 0.717) is 10.4 Å². The average molecular weight is 259 g/mol. The van der Waals surface area contributed by atoms with Crippen LogP contribution in [-0.2, 0) is 0 Å². The van der Waals surface area contributed by atoms with E-state index < -0.39 is 11.9 Å². The largest absolute Gasteiger partial charge is 0.474 e. The number of rotatable bonds is 2. The molecule has 0 aromatic carbocycles. The van der Waals surface area contributed by atoms with E-state index in [0.717, 1.165) is 0 Å². The summed E-state index contributed by atoms with van der Waals surface area (Å²) in [6.45, 7) is 0. The molecule has 0 aliphatic rings. The fraction of sp³-hybridized carbons (Fsp3) is 0. The topological polar surface area (TPSA) is 89.4 Å². The highest BCUT2D eigenvalue weighted by Gasteiger charge is 2.16. The summed E-state index contributed by atoms with van der Waals surface area (Å²) in [7, 11) is 0. The fourth-order valence-electron chi connectivity index (χ4n) is 0.838. The number of carbonyl (C=O) groups is 1. The first-order valence-corrected chi connectivity index (χ1v) is 4.28. The molecule has 1 N–H and O–H groups in total. The first-order valence-electron chi connectivity index (χ1n) is 3.49. The van der Waals surface area contributed by atoms with Crippen LogP contribution >= 0.6 is 15.9 Å². The van der Waals surface area contributed by atoms with Crippen molar-refractivity contribution in [2.45, 2.75) is 0 Å². The van der Waals surface area contributed by atoms with Gasteiger partial charge in [-0.1, -0.05) is 0 Å². The Bertz CT molecular complexity index is 475. The summed E-state index contributed by atoms with van der Waals surface area (Å²) in [6.07, 6.45) is 0. The van der Waals surface area contributed by atoms with Gasteiger partial charge in [-0.3, -0.25) is 0 Å². The smallest absolute Gasteiger partial charge is 0.393 e. The Morgan fingerprint density at radius 3 is 2.64 bits per heavy atom. The van der Waals surface area contributed by atoms with Crippen LogP contribution in [0.2, 0.25) is 0 Å². The Kier molecular flexibility index (Phi) is 2.08. The van der Waals surface area contributed by atoms with Gasteiger partial charge in [0.15, 0.2) is 10.4 Å². The lowest BCUT2D eigenvalue weighted by atomic mass is 10.5. The third kappa shape index (κ3) is 1.53. The predicted molar refractivity (Wildman–Crippen MR) is 46.7 cm³/mol. The average Bonchev–Trinajstić information content (AvgIpc) is 2.70. The van der Waals surface area contributed by atoms with E-state index in [2.05, 4.69) is 26.1 Å². The highest BCUT2D eigenvalue weighted by molar-refractivity contribution is 9.10. The molecule has 72 valence electrons. The van der Waals surface area contributed by atoms with Crippen LogP contribution in [0.15, 0.2) is 25.6 Å². The number of furan rings is 1. The van der Waals surface area contributed by atoms with Gasteiger partial charge in [0.05, 0.1) is 0 Å². The van der Waals surface area contributed by atoms with E-state index in [4.69, 9.17) is 13.9 Å². The van der Waals surface area contributed by atoms with E-state index in [9.17, 15) is 4.79 Å². The van der Waals surface area contributed by atoms with Gasteiger partial charge in [-0.15, -0.1) is 10.2 Å². The standard InChI is InChI=1S/C7H3BrN2O4/c8-4-2-1-3(13-4)5-9-10-6(14-5)7(11)12/h1-2H,(H,11,12). The maximum absolute atomic E-state index is 10.4. The van der Waals surface area contributed by atoms with Crippen molar-refractivity contribution < 1.29 is 18.7 Å². The van der Waals surface area contributed by atoms with E-state index in [-0.39, 0.29) is 5.89 Å². The van der Waals surface area contributed by atoms with Crippen molar-refractivity contribution >= 4 is 21.9 Å². The Hall–Kier alpha value is -1.63. The minimum atomic E-state index is -1.27. The second kappa shape index (κ2) is 3.26. The van der Waals surface area contributed by atoms with Crippen LogP contribution in [0, 0.1) is 0 Å². The molecular formula is C7H3BrN2O4. The summed E-state index contributed by atoms with van der Waals surface area (Å²) < 4.78 is 10.4. The van der Waals surface area contributed by atoms with Crippen molar-refractivity contribution in [3.05, 3.63) is 22.7 Å². The summed E-state index contributed by atoms with van der Waals surface area (Å²) in [5.74, 6) is -1.38. The third-order valence-corrected chi connectivity index (χ3v) is 1.82. The molecule has 2 heterocycles. The maximum Gasteiger partial charge on any atom is 0.393 e. The second-order valence-corrected chi connectivity index (χ2v) is 3.10. The van der Waals surface area contributed by atoms with E-state index >= 15 is 0 Å². The van der Waals surface area contributed by atoms with Gasteiger partial charge in [-0.2, -0.15) is 0 Å². The predicted octanol–water partition coefficient (Wildman–Crippen LogP) is 1.79. The molecule has 0 fully saturated rings. The van der Waals surface area contributed by atoms with Crippen molar-refractivity contribution in [2.75, 3.05) is 0 Å². The van der Waals surface area contributed by atoms with Crippen LogP contribution in [0.5, 0.6) is 0 Å². The zero-order valence-corrected chi connectivity index (χ0v) is 8.19. The third-order valence-electron chi connectivity index (χ3n) is 1.39. The molecule has 0 saturated carbocycles. The van der Waals surface area contributed by atoms with Crippen LogP contribution in [-0.4, -0.2) is 21.3 Å². The van der Waals surface area contributed by atoms with Crippen molar-refractivity contribution in [3.8, 4) is 11.7 Å². The van der Waals surface area contributed by atoms with Crippen molar-refractivity contribution in [2.24, 2.45) is 0 Å². The molecule has 0 aliphatic carbocycles. The van der Waals surface area contributed by atoms with Crippen molar-refractivity contribution in [1.29, 1.82) is 0 Å². The lowest BCUT2D eigenvalue weighted by molar-refractivity contribution is 0.0654. The molecule has 6 nitrogen and oxygen atoms in total. The molecule has 2 aromatic heterocycles. The quantitative estimate of drug-likeness (QED) is 0.884. The highest BCUT2D eigenvalue weighted by Crippen LogP contribution is 2.23. The van der Waals surface area contributed by atoms with Crippen LogP contribution in [0.25, 0.3) is 11.7 Å². The number of aromatic carboxylic acids is 1. The Morgan fingerprint density at radius 1 is 1.36 bits per heavy atom. The molecule has 0 radical (unpaired) electrons. The number of nitrogens with zero attached hydrogens (tertiary/aromatic N) is 2. The monoisotopic (exact) mass is 258 g/mol. The molecule has 0 saturated heterocycles. The lowest BCUT2D eigenvalue weighted by Gasteiger charge is -1.84. The summed E-state index contributed by atoms with van der Waals surface area (Å²) >= 11 is 3.09. The first-order chi connectivity index (χ1) is 6.66.